The van der Waals surface area contributed by atoms with Gasteiger partial charge in [-0.05, 0) is 44.7 Å². The number of hydrogen-bond acceptors (Lipinski definition) is 3. The molecule has 0 aliphatic carbocycles. The number of nitrogens with two attached hydrogens (primary N) is 1. The molecule has 0 aromatic heterocycles. The molecule has 3 N–H and O–H groups in total. The van der Waals surface area contributed by atoms with E-state index in [1.807, 2.05) is 6.92 Å². The third-order valence-corrected chi connectivity index (χ3v) is 2.96. The summed E-state index contributed by atoms with van der Waals surface area (Å²) in [6.07, 6.45) is 2.29. The van der Waals surface area contributed by atoms with Gasteiger partial charge in [0.15, 0.2) is 0 Å². The van der Waals surface area contributed by atoms with Gasteiger partial charge in [-0.1, -0.05) is 6.07 Å². The Labute approximate surface area is 108 Å². The minimum atomic E-state index is -0.797. The number of benzene rings is 1. The van der Waals surface area contributed by atoms with E-state index in [4.69, 9.17) is 10.5 Å². The highest BCUT2D eigenvalue weighted by molar-refractivity contribution is 5.32. The average Bonchev–Trinajstić information content (AvgIpc) is 2.33. The molecule has 3 nitrogen and oxygen atoms in total. The van der Waals surface area contributed by atoms with Crippen molar-refractivity contribution < 1.29 is 14.2 Å². The lowest BCUT2D eigenvalue weighted by Gasteiger charge is -2.20. The molecular weight excluding hydrogens is 233 g/mol. The first-order valence-corrected chi connectivity index (χ1v) is 6.26. The van der Waals surface area contributed by atoms with Gasteiger partial charge in [-0.2, -0.15) is 0 Å². The van der Waals surface area contributed by atoms with E-state index >= 15 is 0 Å². The predicted octanol–water partition coefficient (Wildman–Crippen LogP) is 2.39. The number of aliphatic hydroxyl groups is 1. The highest BCUT2D eigenvalue weighted by Crippen LogP contribution is 2.19. The molecule has 18 heavy (non-hydrogen) atoms. The lowest BCUT2D eigenvalue weighted by molar-refractivity contribution is 0.0562. The first kappa shape index (κ1) is 14.9. The molecule has 1 atom stereocenters. The van der Waals surface area contributed by atoms with Crippen LogP contribution in [0.2, 0.25) is 0 Å². The van der Waals surface area contributed by atoms with Gasteiger partial charge >= 0.3 is 0 Å². The van der Waals surface area contributed by atoms with Gasteiger partial charge in [0.1, 0.15) is 11.6 Å². The molecule has 0 radical (unpaired) electrons. The highest BCUT2D eigenvalue weighted by atomic mass is 19.1. The molecule has 0 heterocycles. The maximum absolute atomic E-state index is 13.0. The molecule has 0 bridgehead atoms. The Morgan fingerprint density at radius 3 is 2.78 bits per heavy atom. The summed E-state index contributed by atoms with van der Waals surface area (Å²) >= 11 is 0. The molecule has 4 heteroatoms. The van der Waals surface area contributed by atoms with Crippen LogP contribution in [0.4, 0.5) is 4.39 Å². The summed E-state index contributed by atoms with van der Waals surface area (Å²) in [5.74, 6) is 0.294. The number of halogens is 1. The number of ether oxygens (including phenoxy) is 1. The number of unbranched alkanes of at least 4 members (excludes halogenated alkanes) is 1. The van der Waals surface area contributed by atoms with Gasteiger partial charge in [0.25, 0.3) is 0 Å². The standard InChI is InChI=1S/C14H22FNO2/c1-11-5-6-12(15)9-13(11)18-8-4-3-7-14(2,17)10-16/h5-6,9,17H,3-4,7-8,10,16H2,1-2H3. The van der Waals surface area contributed by atoms with Crippen molar-refractivity contribution in [2.75, 3.05) is 13.2 Å². The largest absolute Gasteiger partial charge is 0.493 e. The third kappa shape index (κ3) is 5.02. The second-order valence-electron chi connectivity index (χ2n) is 4.92. The normalized spacial score (nSPS) is 14.3. The van der Waals surface area contributed by atoms with Gasteiger partial charge in [0.05, 0.1) is 12.2 Å². The topological polar surface area (TPSA) is 55.5 Å². The lowest BCUT2D eigenvalue weighted by Crippen LogP contribution is -2.33. The van der Waals surface area contributed by atoms with E-state index in [0.717, 1.165) is 18.4 Å². The first-order valence-electron chi connectivity index (χ1n) is 6.26. The second kappa shape index (κ2) is 6.71. The van der Waals surface area contributed by atoms with Crippen LogP contribution in [0.15, 0.2) is 18.2 Å². The van der Waals surface area contributed by atoms with Crippen LogP contribution in [-0.4, -0.2) is 23.9 Å². The van der Waals surface area contributed by atoms with Crippen LogP contribution in [0.5, 0.6) is 5.75 Å². The molecule has 0 amide bonds. The van der Waals surface area contributed by atoms with Gasteiger partial charge in [-0.25, -0.2) is 4.39 Å². The van der Waals surface area contributed by atoms with Crippen molar-refractivity contribution in [1.82, 2.24) is 0 Å². The van der Waals surface area contributed by atoms with E-state index in [-0.39, 0.29) is 12.4 Å². The fourth-order valence-corrected chi connectivity index (χ4v) is 1.62. The molecule has 0 saturated heterocycles. The summed E-state index contributed by atoms with van der Waals surface area (Å²) in [5, 5.41) is 9.70. The summed E-state index contributed by atoms with van der Waals surface area (Å²) in [4.78, 5) is 0. The minimum absolute atomic E-state index is 0.261. The van der Waals surface area contributed by atoms with Crippen LogP contribution in [0.25, 0.3) is 0 Å². The van der Waals surface area contributed by atoms with Crippen LogP contribution in [0.3, 0.4) is 0 Å². The summed E-state index contributed by atoms with van der Waals surface area (Å²) in [5.41, 5.74) is 5.55. The maximum atomic E-state index is 13.0. The van der Waals surface area contributed by atoms with Crippen molar-refractivity contribution in [3.63, 3.8) is 0 Å². The first-order chi connectivity index (χ1) is 8.44. The molecule has 0 aliphatic heterocycles. The molecule has 102 valence electrons. The van der Waals surface area contributed by atoms with Crippen molar-refractivity contribution in [3.05, 3.63) is 29.6 Å². The molecule has 0 fully saturated rings. The van der Waals surface area contributed by atoms with E-state index < -0.39 is 5.60 Å². The average molecular weight is 255 g/mol. The molecular formula is C14H22FNO2. The lowest BCUT2D eigenvalue weighted by atomic mass is 10.00. The molecule has 1 aromatic rings. The molecule has 0 spiro atoms. The Kier molecular flexibility index (Phi) is 5.56. The Morgan fingerprint density at radius 2 is 2.11 bits per heavy atom. The van der Waals surface area contributed by atoms with Crippen LogP contribution in [0.1, 0.15) is 31.7 Å². The Balaban J connectivity index is 2.28. The van der Waals surface area contributed by atoms with Crippen molar-refractivity contribution in [2.45, 2.75) is 38.7 Å². The van der Waals surface area contributed by atoms with Gasteiger partial charge < -0.3 is 15.6 Å². The molecule has 1 unspecified atom stereocenters. The Hall–Kier alpha value is -1.13. The Bertz CT molecular complexity index is 380. The fourth-order valence-electron chi connectivity index (χ4n) is 1.62. The van der Waals surface area contributed by atoms with Crippen molar-refractivity contribution in [2.24, 2.45) is 5.73 Å². The van der Waals surface area contributed by atoms with Crippen LogP contribution >= 0.6 is 0 Å². The summed E-state index contributed by atoms with van der Waals surface area (Å²) in [7, 11) is 0. The van der Waals surface area contributed by atoms with Crippen LogP contribution in [-0.2, 0) is 0 Å². The summed E-state index contributed by atoms with van der Waals surface area (Å²) in [6, 6.07) is 4.51. The van der Waals surface area contributed by atoms with Gasteiger partial charge in [0.2, 0.25) is 0 Å². The Morgan fingerprint density at radius 1 is 1.39 bits per heavy atom. The van der Waals surface area contributed by atoms with E-state index in [1.165, 1.54) is 12.1 Å². The van der Waals surface area contributed by atoms with E-state index in [1.54, 1.807) is 13.0 Å². The fraction of sp³-hybridized carbons (Fsp3) is 0.571. The number of hydrogen-bond donors (Lipinski definition) is 2. The van der Waals surface area contributed by atoms with Crippen molar-refractivity contribution in [3.8, 4) is 5.75 Å². The molecule has 0 aliphatic rings. The molecule has 0 saturated carbocycles. The monoisotopic (exact) mass is 255 g/mol. The number of rotatable bonds is 7. The van der Waals surface area contributed by atoms with Gasteiger partial charge in [0, 0.05) is 12.6 Å². The van der Waals surface area contributed by atoms with Crippen molar-refractivity contribution >= 4 is 0 Å². The summed E-state index contributed by atoms with van der Waals surface area (Å²) in [6.45, 7) is 4.39. The predicted molar refractivity (Wildman–Crippen MR) is 70.2 cm³/mol. The zero-order valence-electron chi connectivity index (χ0n) is 11.1. The van der Waals surface area contributed by atoms with E-state index in [2.05, 4.69) is 0 Å². The second-order valence-corrected chi connectivity index (χ2v) is 4.92. The van der Waals surface area contributed by atoms with Crippen LogP contribution < -0.4 is 10.5 Å². The highest BCUT2D eigenvalue weighted by Gasteiger charge is 2.16. The smallest absolute Gasteiger partial charge is 0.126 e. The van der Waals surface area contributed by atoms with E-state index in [9.17, 15) is 9.50 Å². The third-order valence-electron chi connectivity index (χ3n) is 2.96. The SMILES string of the molecule is Cc1ccc(F)cc1OCCCCC(C)(O)CN. The minimum Gasteiger partial charge on any atom is -0.493 e. The van der Waals surface area contributed by atoms with E-state index in [0.29, 0.717) is 18.8 Å². The quantitative estimate of drug-likeness (QED) is 0.736. The summed E-state index contributed by atoms with van der Waals surface area (Å²) < 4.78 is 18.5. The number of aryl methyl sites for hydroxylation is 1. The van der Waals surface area contributed by atoms with Crippen molar-refractivity contribution in [1.29, 1.82) is 0 Å². The zero-order valence-corrected chi connectivity index (χ0v) is 11.1. The van der Waals surface area contributed by atoms with Crippen LogP contribution in [0, 0.1) is 12.7 Å². The molecule has 1 rings (SSSR count). The van der Waals surface area contributed by atoms with Gasteiger partial charge in [-0.15, -0.1) is 0 Å². The maximum Gasteiger partial charge on any atom is 0.126 e. The zero-order chi connectivity index (χ0) is 13.6. The molecule has 1 aromatic carbocycles. The van der Waals surface area contributed by atoms with Gasteiger partial charge in [-0.3, -0.25) is 0 Å².